The number of aryl methyl sites for hydroxylation is 1. The van der Waals surface area contributed by atoms with E-state index in [1.807, 2.05) is 13.8 Å². The molecule has 0 fully saturated rings. The first-order valence-corrected chi connectivity index (χ1v) is 5.46. The molecule has 6 heteroatoms. The smallest absolute Gasteiger partial charge is 0.0964 e. The van der Waals surface area contributed by atoms with Crippen LogP contribution in [0.25, 0.3) is 11.3 Å². The van der Waals surface area contributed by atoms with Gasteiger partial charge in [0.05, 0.1) is 29.6 Å². The van der Waals surface area contributed by atoms with Gasteiger partial charge in [-0.25, -0.2) is 0 Å². The molecular weight excluding hydrogens is 232 g/mol. The van der Waals surface area contributed by atoms with Crippen LogP contribution in [-0.2, 0) is 6.54 Å². The Kier molecular flexibility index (Phi) is 3.01. The SMILES string of the molecule is C=CCn1nc(C)c(-c2cc(C(=O)[O-])[nH]n2)c1C. The standard InChI is InChI=1S/C12H14N4O2/c1-4-5-16-8(3)11(7(2)15-16)9-6-10(12(17)18)14-13-9/h4,6H,1,5H2,2-3H3,(H,13,14)(H,17,18)/p-1. The summed E-state index contributed by atoms with van der Waals surface area (Å²) < 4.78 is 1.80. The second-order valence-electron chi connectivity index (χ2n) is 3.97. The predicted molar refractivity (Wildman–Crippen MR) is 63.8 cm³/mol. The number of carboxylic acids is 1. The molecule has 0 aliphatic carbocycles. The lowest BCUT2D eigenvalue weighted by molar-refractivity contribution is -0.255. The van der Waals surface area contributed by atoms with E-state index in [0.717, 1.165) is 17.0 Å². The molecule has 2 aromatic heterocycles. The summed E-state index contributed by atoms with van der Waals surface area (Å²) in [4.78, 5) is 10.7. The molecule has 18 heavy (non-hydrogen) atoms. The first-order valence-electron chi connectivity index (χ1n) is 5.46. The average molecular weight is 245 g/mol. The maximum Gasteiger partial charge on any atom is 0.0964 e. The van der Waals surface area contributed by atoms with Crippen LogP contribution < -0.4 is 5.11 Å². The van der Waals surface area contributed by atoms with Gasteiger partial charge in [0.15, 0.2) is 0 Å². The molecule has 6 nitrogen and oxygen atoms in total. The monoisotopic (exact) mass is 245 g/mol. The number of rotatable bonds is 4. The summed E-state index contributed by atoms with van der Waals surface area (Å²) in [5, 5.41) is 21.5. The van der Waals surface area contributed by atoms with Gasteiger partial charge in [0.1, 0.15) is 0 Å². The molecule has 0 amide bonds. The first-order chi connectivity index (χ1) is 8.54. The minimum Gasteiger partial charge on any atom is -0.543 e. The van der Waals surface area contributed by atoms with Crippen LogP contribution in [0.4, 0.5) is 0 Å². The molecule has 0 saturated heterocycles. The van der Waals surface area contributed by atoms with Crippen molar-refractivity contribution in [2.45, 2.75) is 20.4 Å². The van der Waals surface area contributed by atoms with Gasteiger partial charge in [-0.1, -0.05) is 6.08 Å². The van der Waals surface area contributed by atoms with Gasteiger partial charge in [-0.2, -0.15) is 10.2 Å². The Morgan fingerprint density at radius 3 is 2.89 bits per heavy atom. The fourth-order valence-electron chi connectivity index (χ4n) is 1.92. The zero-order valence-corrected chi connectivity index (χ0v) is 10.2. The summed E-state index contributed by atoms with van der Waals surface area (Å²) in [5.41, 5.74) is 3.06. The highest BCUT2D eigenvalue weighted by molar-refractivity contribution is 5.85. The summed E-state index contributed by atoms with van der Waals surface area (Å²) in [6.07, 6.45) is 1.75. The van der Waals surface area contributed by atoms with Crippen molar-refractivity contribution in [1.82, 2.24) is 20.0 Å². The van der Waals surface area contributed by atoms with Crippen LogP contribution in [0.15, 0.2) is 18.7 Å². The first kappa shape index (κ1) is 12.1. The predicted octanol–water partition coefficient (Wildman–Crippen LogP) is 0.440. The molecule has 0 bridgehead atoms. The fourth-order valence-corrected chi connectivity index (χ4v) is 1.92. The van der Waals surface area contributed by atoms with E-state index in [1.165, 1.54) is 6.07 Å². The molecule has 0 radical (unpaired) electrons. The zero-order chi connectivity index (χ0) is 13.3. The quantitative estimate of drug-likeness (QED) is 0.792. The lowest BCUT2D eigenvalue weighted by Crippen LogP contribution is -2.22. The van der Waals surface area contributed by atoms with E-state index in [9.17, 15) is 9.90 Å². The second-order valence-corrected chi connectivity index (χ2v) is 3.97. The highest BCUT2D eigenvalue weighted by Crippen LogP contribution is 2.25. The molecule has 1 N–H and O–H groups in total. The van der Waals surface area contributed by atoms with Gasteiger partial charge in [0.25, 0.3) is 0 Å². The maximum absolute atomic E-state index is 10.7. The maximum atomic E-state index is 10.7. The molecule has 2 aromatic rings. The number of carboxylic acid groups (broad SMARTS) is 1. The van der Waals surface area contributed by atoms with Gasteiger partial charge in [0.2, 0.25) is 0 Å². The Balaban J connectivity index is 2.49. The third kappa shape index (κ3) is 1.92. The lowest BCUT2D eigenvalue weighted by Gasteiger charge is -2.00. The Hall–Kier alpha value is -2.37. The number of carbonyl (C=O) groups is 1. The molecule has 2 rings (SSSR count). The van der Waals surface area contributed by atoms with Gasteiger partial charge in [-0.15, -0.1) is 6.58 Å². The number of aromatic amines is 1. The summed E-state index contributed by atoms with van der Waals surface area (Å²) in [5.74, 6) is -1.28. The van der Waals surface area contributed by atoms with Gasteiger partial charge in [-0.05, 0) is 19.9 Å². The van der Waals surface area contributed by atoms with Gasteiger partial charge in [0, 0.05) is 11.3 Å². The molecule has 0 aliphatic heterocycles. The number of nitrogens with zero attached hydrogens (tertiary/aromatic N) is 3. The minimum atomic E-state index is -1.28. The van der Waals surface area contributed by atoms with Crippen molar-refractivity contribution in [2.24, 2.45) is 0 Å². The van der Waals surface area contributed by atoms with Crippen molar-refractivity contribution in [1.29, 1.82) is 0 Å². The number of nitrogens with one attached hydrogen (secondary N) is 1. The van der Waals surface area contributed by atoms with Crippen molar-refractivity contribution in [3.05, 3.63) is 35.8 Å². The molecule has 0 aliphatic rings. The Labute approximate surface area is 104 Å². The van der Waals surface area contributed by atoms with Gasteiger partial charge < -0.3 is 9.90 Å². The van der Waals surface area contributed by atoms with Crippen molar-refractivity contribution in [2.75, 3.05) is 0 Å². The van der Waals surface area contributed by atoms with E-state index in [2.05, 4.69) is 21.9 Å². The van der Waals surface area contributed by atoms with E-state index in [0.29, 0.717) is 12.2 Å². The number of carbonyl (C=O) groups excluding carboxylic acids is 1. The summed E-state index contributed by atoms with van der Waals surface area (Å²) in [6.45, 7) is 8.03. The van der Waals surface area contributed by atoms with E-state index in [1.54, 1.807) is 10.8 Å². The molecule has 2 heterocycles. The average Bonchev–Trinajstić information content (AvgIpc) is 2.86. The number of aromatic nitrogens is 4. The molecule has 94 valence electrons. The number of H-pyrrole nitrogens is 1. The van der Waals surface area contributed by atoms with Crippen LogP contribution in [0.2, 0.25) is 0 Å². The summed E-state index contributed by atoms with van der Waals surface area (Å²) in [6, 6.07) is 1.45. The van der Waals surface area contributed by atoms with Crippen LogP contribution in [0.3, 0.4) is 0 Å². The topological polar surface area (TPSA) is 86.6 Å². The minimum absolute atomic E-state index is 0.0414. The third-order valence-corrected chi connectivity index (χ3v) is 2.74. The third-order valence-electron chi connectivity index (χ3n) is 2.74. The molecule has 0 atom stereocenters. The van der Waals surface area contributed by atoms with E-state index >= 15 is 0 Å². The van der Waals surface area contributed by atoms with E-state index in [-0.39, 0.29) is 5.69 Å². The normalized spacial score (nSPS) is 10.6. The Morgan fingerprint density at radius 2 is 2.33 bits per heavy atom. The Morgan fingerprint density at radius 1 is 1.61 bits per heavy atom. The van der Waals surface area contributed by atoms with Crippen LogP contribution in [-0.4, -0.2) is 25.9 Å². The van der Waals surface area contributed by atoms with E-state index < -0.39 is 5.97 Å². The number of hydrogen-bond acceptors (Lipinski definition) is 4. The summed E-state index contributed by atoms with van der Waals surface area (Å²) in [7, 11) is 0. The van der Waals surface area contributed by atoms with Crippen molar-refractivity contribution >= 4 is 5.97 Å². The van der Waals surface area contributed by atoms with Crippen molar-refractivity contribution < 1.29 is 9.90 Å². The lowest BCUT2D eigenvalue weighted by atomic mass is 10.1. The number of hydrogen-bond donors (Lipinski definition) is 1. The molecule has 0 saturated carbocycles. The summed E-state index contributed by atoms with van der Waals surface area (Å²) >= 11 is 0. The molecule has 0 spiro atoms. The van der Waals surface area contributed by atoms with Crippen molar-refractivity contribution in [3.8, 4) is 11.3 Å². The second kappa shape index (κ2) is 4.48. The van der Waals surface area contributed by atoms with Crippen LogP contribution in [0, 0.1) is 13.8 Å². The van der Waals surface area contributed by atoms with Crippen LogP contribution in [0.5, 0.6) is 0 Å². The highest BCUT2D eigenvalue weighted by Gasteiger charge is 2.15. The highest BCUT2D eigenvalue weighted by atomic mass is 16.4. The van der Waals surface area contributed by atoms with Crippen LogP contribution in [0.1, 0.15) is 21.9 Å². The fraction of sp³-hybridized carbons (Fsp3) is 0.250. The van der Waals surface area contributed by atoms with Gasteiger partial charge >= 0.3 is 0 Å². The largest absolute Gasteiger partial charge is 0.543 e. The van der Waals surface area contributed by atoms with Crippen molar-refractivity contribution in [3.63, 3.8) is 0 Å². The number of aromatic carboxylic acids is 1. The van der Waals surface area contributed by atoms with Gasteiger partial charge in [-0.3, -0.25) is 9.78 Å². The van der Waals surface area contributed by atoms with Crippen LogP contribution >= 0.6 is 0 Å². The molecular formula is C12H13N4O2-. The molecule has 0 aromatic carbocycles. The zero-order valence-electron chi connectivity index (χ0n) is 10.2. The number of allylic oxidation sites excluding steroid dienone is 1. The Bertz CT molecular complexity index is 610. The molecule has 0 unspecified atom stereocenters. The van der Waals surface area contributed by atoms with E-state index in [4.69, 9.17) is 0 Å².